The second kappa shape index (κ2) is 5.82. The summed E-state index contributed by atoms with van der Waals surface area (Å²) in [7, 11) is 0. The Kier molecular flexibility index (Phi) is 3.92. The smallest absolute Gasteiger partial charge is 0.124 e. The summed E-state index contributed by atoms with van der Waals surface area (Å²) in [6, 6.07) is 6.14. The Labute approximate surface area is 105 Å². The second-order valence-electron chi connectivity index (χ2n) is 3.88. The molecule has 0 unspecified atom stereocenters. The molecule has 0 saturated carbocycles. The van der Waals surface area contributed by atoms with Crippen molar-refractivity contribution in [2.24, 2.45) is 0 Å². The molecule has 2 rings (SSSR count). The molecule has 0 fully saturated rings. The van der Waals surface area contributed by atoms with Crippen molar-refractivity contribution in [3.8, 4) is 6.07 Å². The van der Waals surface area contributed by atoms with Gasteiger partial charge in [-0.25, -0.2) is 9.37 Å². The Morgan fingerprint density at radius 3 is 3.06 bits per heavy atom. The second-order valence-corrected chi connectivity index (χ2v) is 3.88. The first kappa shape index (κ1) is 12.1. The maximum absolute atomic E-state index is 12.9. The first-order chi connectivity index (χ1) is 8.79. The number of benzene rings is 1. The maximum Gasteiger partial charge on any atom is 0.124 e. The average Bonchev–Trinajstić information content (AvgIpc) is 2.89. The highest BCUT2D eigenvalue weighted by Crippen LogP contribution is 2.15. The number of nitrogens with zero attached hydrogens (tertiary/aromatic N) is 3. The summed E-state index contributed by atoms with van der Waals surface area (Å²) in [4.78, 5) is 3.95. The van der Waals surface area contributed by atoms with Gasteiger partial charge in [0.2, 0.25) is 0 Å². The van der Waals surface area contributed by atoms with E-state index in [1.165, 1.54) is 12.1 Å². The number of halogens is 1. The molecule has 92 valence electrons. The molecule has 0 aliphatic rings. The predicted molar refractivity (Wildman–Crippen MR) is 66.4 cm³/mol. The van der Waals surface area contributed by atoms with Crippen LogP contribution in [0.25, 0.3) is 0 Å². The highest BCUT2D eigenvalue weighted by molar-refractivity contribution is 5.57. The number of nitriles is 1. The van der Waals surface area contributed by atoms with Crippen molar-refractivity contribution in [3.05, 3.63) is 48.3 Å². The van der Waals surface area contributed by atoms with Crippen LogP contribution < -0.4 is 5.32 Å². The summed E-state index contributed by atoms with van der Waals surface area (Å²) >= 11 is 0. The van der Waals surface area contributed by atoms with Crippen LogP contribution in [0, 0.1) is 17.1 Å². The van der Waals surface area contributed by atoms with E-state index in [2.05, 4.69) is 10.3 Å². The first-order valence-corrected chi connectivity index (χ1v) is 5.69. The van der Waals surface area contributed by atoms with E-state index in [0.29, 0.717) is 11.3 Å². The van der Waals surface area contributed by atoms with Gasteiger partial charge in [0.05, 0.1) is 17.6 Å². The maximum atomic E-state index is 12.9. The quantitative estimate of drug-likeness (QED) is 0.822. The molecule has 0 radical (unpaired) electrons. The molecule has 1 N–H and O–H groups in total. The van der Waals surface area contributed by atoms with Crippen LogP contribution in [0.5, 0.6) is 0 Å². The molecule has 5 heteroatoms. The van der Waals surface area contributed by atoms with Crippen molar-refractivity contribution in [2.75, 3.05) is 11.9 Å². The lowest BCUT2D eigenvalue weighted by atomic mass is 10.2. The molecule has 1 aromatic heterocycles. The minimum Gasteiger partial charge on any atom is -0.384 e. The lowest BCUT2D eigenvalue weighted by Crippen LogP contribution is -2.07. The minimum atomic E-state index is -0.393. The Hall–Kier alpha value is -2.35. The number of nitrogens with one attached hydrogen (secondary N) is 1. The van der Waals surface area contributed by atoms with Crippen LogP contribution in [0.2, 0.25) is 0 Å². The zero-order chi connectivity index (χ0) is 12.8. The van der Waals surface area contributed by atoms with Crippen molar-refractivity contribution < 1.29 is 4.39 Å². The third-order valence-corrected chi connectivity index (χ3v) is 2.57. The standard InChI is InChI=1S/C13H13FN4/c14-12-2-3-13(11(8-12)9-15)17-4-1-6-18-7-5-16-10-18/h2-3,5,7-8,10,17H,1,4,6H2. The average molecular weight is 244 g/mol. The van der Waals surface area contributed by atoms with Crippen LogP contribution in [0.4, 0.5) is 10.1 Å². The number of imidazole rings is 1. The van der Waals surface area contributed by atoms with E-state index in [1.54, 1.807) is 18.6 Å². The normalized spacial score (nSPS) is 10.0. The van der Waals surface area contributed by atoms with E-state index in [4.69, 9.17) is 5.26 Å². The molecule has 1 heterocycles. The molecule has 0 saturated heterocycles. The summed E-state index contributed by atoms with van der Waals surface area (Å²) in [6.45, 7) is 1.58. The largest absolute Gasteiger partial charge is 0.384 e. The number of hydrogen-bond donors (Lipinski definition) is 1. The van der Waals surface area contributed by atoms with Crippen molar-refractivity contribution in [1.29, 1.82) is 5.26 Å². The molecular weight excluding hydrogens is 231 g/mol. The summed E-state index contributed by atoms with van der Waals surface area (Å²) in [5, 5.41) is 12.0. The van der Waals surface area contributed by atoms with Crippen LogP contribution in [0.3, 0.4) is 0 Å². The molecule has 0 amide bonds. The van der Waals surface area contributed by atoms with E-state index in [1.807, 2.05) is 16.8 Å². The fourth-order valence-electron chi connectivity index (χ4n) is 1.67. The lowest BCUT2D eigenvalue weighted by Gasteiger charge is -2.08. The van der Waals surface area contributed by atoms with Gasteiger partial charge in [-0.15, -0.1) is 0 Å². The van der Waals surface area contributed by atoms with Crippen LogP contribution in [0.1, 0.15) is 12.0 Å². The topological polar surface area (TPSA) is 53.6 Å². The van der Waals surface area contributed by atoms with Gasteiger partial charge in [0.1, 0.15) is 11.9 Å². The molecule has 2 aromatic rings. The Morgan fingerprint density at radius 1 is 1.44 bits per heavy atom. The van der Waals surface area contributed by atoms with E-state index < -0.39 is 5.82 Å². The predicted octanol–water partition coefficient (Wildman–Crippen LogP) is 2.40. The number of anilines is 1. The molecule has 4 nitrogen and oxygen atoms in total. The molecule has 0 spiro atoms. The highest BCUT2D eigenvalue weighted by Gasteiger charge is 2.02. The van der Waals surface area contributed by atoms with Crippen molar-refractivity contribution in [1.82, 2.24) is 9.55 Å². The Balaban J connectivity index is 1.85. The molecule has 0 aliphatic heterocycles. The van der Waals surface area contributed by atoms with Gasteiger partial charge in [0.25, 0.3) is 0 Å². The highest BCUT2D eigenvalue weighted by atomic mass is 19.1. The third-order valence-electron chi connectivity index (χ3n) is 2.57. The first-order valence-electron chi connectivity index (χ1n) is 5.69. The zero-order valence-electron chi connectivity index (χ0n) is 9.81. The van der Waals surface area contributed by atoms with Gasteiger partial charge >= 0.3 is 0 Å². The van der Waals surface area contributed by atoms with Gasteiger partial charge in [0, 0.05) is 25.5 Å². The van der Waals surface area contributed by atoms with E-state index in [0.717, 1.165) is 19.5 Å². The fraction of sp³-hybridized carbons (Fsp3) is 0.231. The zero-order valence-corrected chi connectivity index (χ0v) is 9.81. The summed E-state index contributed by atoms with van der Waals surface area (Å²) < 4.78 is 14.9. The summed E-state index contributed by atoms with van der Waals surface area (Å²) in [5.74, 6) is -0.393. The number of hydrogen-bond acceptors (Lipinski definition) is 3. The van der Waals surface area contributed by atoms with Gasteiger partial charge in [-0.1, -0.05) is 0 Å². The van der Waals surface area contributed by atoms with Crippen molar-refractivity contribution in [2.45, 2.75) is 13.0 Å². The number of rotatable bonds is 5. The van der Waals surface area contributed by atoms with Gasteiger partial charge in [-0.05, 0) is 24.6 Å². The number of aromatic nitrogens is 2. The lowest BCUT2D eigenvalue weighted by molar-refractivity contribution is 0.627. The molecule has 18 heavy (non-hydrogen) atoms. The minimum absolute atomic E-state index is 0.331. The van der Waals surface area contributed by atoms with E-state index >= 15 is 0 Å². The van der Waals surface area contributed by atoms with Gasteiger partial charge in [0.15, 0.2) is 0 Å². The van der Waals surface area contributed by atoms with Crippen LogP contribution in [-0.4, -0.2) is 16.1 Å². The molecule has 0 atom stereocenters. The van der Waals surface area contributed by atoms with Crippen LogP contribution in [0.15, 0.2) is 36.9 Å². The van der Waals surface area contributed by atoms with E-state index in [-0.39, 0.29) is 0 Å². The SMILES string of the molecule is N#Cc1cc(F)ccc1NCCCn1ccnc1. The monoisotopic (exact) mass is 244 g/mol. The van der Waals surface area contributed by atoms with Gasteiger partial charge < -0.3 is 9.88 Å². The van der Waals surface area contributed by atoms with E-state index in [9.17, 15) is 4.39 Å². The third kappa shape index (κ3) is 3.08. The van der Waals surface area contributed by atoms with Crippen LogP contribution in [-0.2, 0) is 6.54 Å². The molecule has 0 bridgehead atoms. The molecule has 0 aliphatic carbocycles. The molecular formula is C13H13FN4. The Morgan fingerprint density at radius 2 is 2.33 bits per heavy atom. The Bertz CT molecular complexity index is 543. The van der Waals surface area contributed by atoms with Gasteiger partial charge in [-0.2, -0.15) is 5.26 Å². The summed E-state index contributed by atoms with van der Waals surface area (Å²) in [6.07, 6.45) is 6.30. The summed E-state index contributed by atoms with van der Waals surface area (Å²) in [5.41, 5.74) is 1.00. The van der Waals surface area contributed by atoms with Gasteiger partial charge in [-0.3, -0.25) is 0 Å². The van der Waals surface area contributed by atoms with Crippen molar-refractivity contribution >= 4 is 5.69 Å². The fourth-order valence-corrected chi connectivity index (χ4v) is 1.67. The van der Waals surface area contributed by atoms with Crippen molar-refractivity contribution in [3.63, 3.8) is 0 Å². The van der Waals surface area contributed by atoms with Crippen LogP contribution >= 0.6 is 0 Å². The molecule has 1 aromatic carbocycles. The number of aryl methyl sites for hydroxylation is 1.